The number of benzene rings is 1. The molecule has 0 radical (unpaired) electrons. The minimum Gasteiger partial charge on any atom is -0.398 e. The molecule has 5 heteroatoms. The molecular formula is C11H16FN3O. The van der Waals surface area contributed by atoms with Gasteiger partial charge in [0.2, 0.25) is 0 Å². The van der Waals surface area contributed by atoms with Gasteiger partial charge in [0, 0.05) is 12.2 Å². The summed E-state index contributed by atoms with van der Waals surface area (Å²) in [5.74, 6) is -0.776. The van der Waals surface area contributed by atoms with E-state index in [2.05, 4.69) is 5.32 Å². The summed E-state index contributed by atoms with van der Waals surface area (Å²) in [6.07, 6.45) is 0. The minimum absolute atomic E-state index is 0.0556. The van der Waals surface area contributed by atoms with E-state index in [-0.39, 0.29) is 16.9 Å². The van der Waals surface area contributed by atoms with Gasteiger partial charge in [0.05, 0.1) is 11.3 Å². The van der Waals surface area contributed by atoms with Crippen LogP contribution in [0.15, 0.2) is 12.1 Å². The van der Waals surface area contributed by atoms with Gasteiger partial charge in [-0.15, -0.1) is 0 Å². The highest BCUT2D eigenvalue weighted by Gasteiger charge is 2.11. The van der Waals surface area contributed by atoms with Crippen molar-refractivity contribution in [3.63, 3.8) is 0 Å². The first-order valence-corrected chi connectivity index (χ1v) is 5.04. The summed E-state index contributed by atoms with van der Waals surface area (Å²) in [7, 11) is 0. The predicted molar refractivity (Wildman–Crippen MR) is 62.7 cm³/mol. The van der Waals surface area contributed by atoms with Gasteiger partial charge in [0.25, 0.3) is 5.91 Å². The highest BCUT2D eigenvalue weighted by Crippen LogP contribution is 2.22. The fraction of sp³-hybridized carbons (Fsp3) is 0.364. The van der Waals surface area contributed by atoms with Crippen LogP contribution in [0.2, 0.25) is 0 Å². The Morgan fingerprint density at radius 3 is 2.62 bits per heavy atom. The lowest BCUT2D eigenvalue weighted by atomic mass is 10.1. The molecule has 5 N–H and O–H groups in total. The Morgan fingerprint density at radius 1 is 1.50 bits per heavy atom. The zero-order valence-corrected chi connectivity index (χ0v) is 9.38. The summed E-state index contributed by atoms with van der Waals surface area (Å²) in [5, 5.41) is 2.90. The van der Waals surface area contributed by atoms with Crippen LogP contribution in [0.25, 0.3) is 0 Å². The maximum Gasteiger partial charge on any atom is 0.250 e. The van der Waals surface area contributed by atoms with Gasteiger partial charge in [0.15, 0.2) is 0 Å². The average molecular weight is 225 g/mol. The Bertz CT molecular complexity index is 404. The quantitative estimate of drug-likeness (QED) is 0.680. The van der Waals surface area contributed by atoms with Gasteiger partial charge in [0.1, 0.15) is 5.82 Å². The number of nitrogen functional groups attached to an aromatic ring is 1. The summed E-state index contributed by atoms with van der Waals surface area (Å²) in [6.45, 7) is 4.60. The van der Waals surface area contributed by atoms with Crippen molar-refractivity contribution in [3.05, 3.63) is 23.5 Å². The molecule has 16 heavy (non-hydrogen) atoms. The van der Waals surface area contributed by atoms with Crippen molar-refractivity contribution in [1.29, 1.82) is 0 Å². The van der Waals surface area contributed by atoms with Crippen molar-refractivity contribution in [2.24, 2.45) is 11.7 Å². The van der Waals surface area contributed by atoms with Gasteiger partial charge in [-0.05, 0) is 18.1 Å². The summed E-state index contributed by atoms with van der Waals surface area (Å²) in [6, 6.07) is 2.44. The lowest BCUT2D eigenvalue weighted by Gasteiger charge is -2.12. The molecule has 0 saturated heterocycles. The van der Waals surface area contributed by atoms with E-state index in [4.69, 9.17) is 11.5 Å². The third-order valence-electron chi connectivity index (χ3n) is 2.11. The molecule has 0 aliphatic heterocycles. The molecular weight excluding hydrogens is 209 g/mol. The van der Waals surface area contributed by atoms with Crippen LogP contribution in [-0.4, -0.2) is 12.5 Å². The van der Waals surface area contributed by atoms with Gasteiger partial charge in [-0.25, -0.2) is 4.39 Å². The SMILES string of the molecule is CC(C)CNc1cc(C(N)=O)c(N)cc1F. The second kappa shape index (κ2) is 4.83. The highest BCUT2D eigenvalue weighted by atomic mass is 19.1. The molecule has 1 rings (SSSR count). The van der Waals surface area contributed by atoms with Crippen molar-refractivity contribution in [1.82, 2.24) is 0 Å². The Morgan fingerprint density at radius 2 is 2.12 bits per heavy atom. The van der Waals surface area contributed by atoms with Crippen LogP contribution in [0.4, 0.5) is 15.8 Å². The lowest BCUT2D eigenvalue weighted by Crippen LogP contribution is -2.16. The summed E-state index contributed by atoms with van der Waals surface area (Å²) < 4.78 is 13.4. The van der Waals surface area contributed by atoms with E-state index in [0.717, 1.165) is 6.07 Å². The van der Waals surface area contributed by atoms with Crippen LogP contribution >= 0.6 is 0 Å². The van der Waals surface area contributed by atoms with Gasteiger partial charge in [-0.2, -0.15) is 0 Å². The van der Waals surface area contributed by atoms with Crippen molar-refractivity contribution in [2.45, 2.75) is 13.8 Å². The molecule has 0 atom stereocenters. The van der Waals surface area contributed by atoms with Crippen molar-refractivity contribution < 1.29 is 9.18 Å². The monoisotopic (exact) mass is 225 g/mol. The molecule has 0 aliphatic rings. The van der Waals surface area contributed by atoms with Gasteiger partial charge < -0.3 is 16.8 Å². The van der Waals surface area contributed by atoms with Crippen LogP contribution in [0.3, 0.4) is 0 Å². The number of primary amides is 1. The van der Waals surface area contributed by atoms with E-state index in [9.17, 15) is 9.18 Å². The van der Waals surface area contributed by atoms with Crippen LogP contribution in [-0.2, 0) is 0 Å². The number of amides is 1. The van der Waals surface area contributed by atoms with E-state index in [0.29, 0.717) is 12.5 Å². The second-order valence-corrected chi connectivity index (χ2v) is 4.06. The Balaban J connectivity index is 3.00. The van der Waals surface area contributed by atoms with E-state index in [1.807, 2.05) is 13.8 Å². The summed E-state index contributed by atoms with van der Waals surface area (Å²) in [5.41, 5.74) is 11.0. The molecule has 0 bridgehead atoms. The van der Waals surface area contributed by atoms with Crippen molar-refractivity contribution >= 4 is 17.3 Å². The number of hydrogen-bond donors (Lipinski definition) is 3. The Kier molecular flexibility index (Phi) is 3.71. The molecule has 0 fully saturated rings. The average Bonchev–Trinajstić information content (AvgIpc) is 2.15. The molecule has 1 amide bonds. The summed E-state index contributed by atoms with van der Waals surface area (Å²) in [4.78, 5) is 11.0. The van der Waals surface area contributed by atoms with Gasteiger partial charge >= 0.3 is 0 Å². The maximum absolute atomic E-state index is 13.4. The van der Waals surface area contributed by atoms with Gasteiger partial charge in [-0.3, -0.25) is 4.79 Å². The number of nitrogens with one attached hydrogen (secondary N) is 1. The highest BCUT2D eigenvalue weighted by molar-refractivity contribution is 5.99. The normalized spacial score (nSPS) is 10.5. The van der Waals surface area contributed by atoms with Crippen molar-refractivity contribution in [3.8, 4) is 0 Å². The van der Waals surface area contributed by atoms with Crippen molar-refractivity contribution in [2.75, 3.05) is 17.6 Å². The molecule has 0 aliphatic carbocycles. The Labute approximate surface area is 93.8 Å². The standard InChI is InChI=1S/C11H16FN3O/c1-6(2)5-15-10-3-7(11(14)16)9(13)4-8(10)12/h3-4,6,15H,5,13H2,1-2H3,(H2,14,16). The number of nitrogens with two attached hydrogens (primary N) is 2. The molecule has 88 valence electrons. The lowest BCUT2D eigenvalue weighted by molar-refractivity contribution is 0.100. The molecule has 0 saturated carbocycles. The molecule has 0 spiro atoms. The zero-order valence-electron chi connectivity index (χ0n) is 9.38. The fourth-order valence-corrected chi connectivity index (χ4v) is 1.25. The molecule has 0 heterocycles. The first kappa shape index (κ1) is 12.3. The predicted octanol–water partition coefficient (Wildman–Crippen LogP) is 1.57. The van der Waals surface area contributed by atoms with E-state index in [1.165, 1.54) is 6.07 Å². The number of anilines is 2. The van der Waals surface area contributed by atoms with E-state index < -0.39 is 11.7 Å². The second-order valence-electron chi connectivity index (χ2n) is 4.06. The molecule has 4 nitrogen and oxygen atoms in total. The molecule has 1 aromatic rings. The summed E-state index contributed by atoms with van der Waals surface area (Å²) >= 11 is 0. The van der Waals surface area contributed by atoms with Crippen LogP contribution in [0, 0.1) is 11.7 Å². The zero-order chi connectivity index (χ0) is 12.3. The number of halogens is 1. The first-order valence-electron chi connectivity index (χ1n) is 5.04. The number of carbonyl (C=O) groups excluding carboxylic acids is 1. The first-order chi connectivity index (χ1) is 7.41. The van der Waals surface area contributed by atoms with Crippen LogP contribution in [0.5, 0.6) is 0 Å². The van der Waals surface area contributed by atoms with Gasteiger partial charge in [-0.1, -0.05) is 13.8 Å². The number of hydrogen-bond acceptors (Lipinski definition) is 3. The van der Waals surface area contributed by atoms with E-state index in [1.54, 1.807) is 0 Å². The Hall–Kier alpha value is -1.78. The third kappa shape index (κ3) is 2.85. The smallest absolute Gasteiger partial charge is 0.250 e. The number of rotatable bonds is 4. The number of carbonyl (C=O) groups is 1. The van der Waals surface area contributed by atoms with Crippen LogP contribution in [0.1, 0.15) is 24.2 Å². The third-order valence-corrected chi connectivity index (χ3v) is 2.11. The molecule has 0 unspecified atom stereocenters. The largest absolute Gasteiger partial charge is 0.398 e. The molecule has 0 aromatic heterocycles. The topological polar surface area (TPSA) is 81.1 Å². The fourth-order valence-electron chi connectivity index (χ4n) is 1.25. The minimum atomic E-state index is -0.662. The van der Waals surface area contributed by atoms with E-state index >= 15 is 0 Å². The molecule has 1 aromatic carbocycles. The van der Waals surface area contributed by atoms with Crippen LogP contribution < -0.4 is 16.8 Å². The maximum atomic E-state index is 13.4.